The van der Waals surface area contributed by atoms with E-state index in [9.17, 15) is 0 Å². The summed E-state index contributed by atoms with van der Waals surface area (Å²) in [6, 6.07) is 6.73. The molecule has 1 saturated heterocycles. The van der Waals surface area contributed by atoms with Gasteiger partial charge >= 0.3 is 0 Å². The Labute approximate surface area is 129 Å². The van der Waals surface area contributed by atoms with E-state index in [1.807, 2.05) is 0 Å². The Morgan fingerprint density at radius 1 is 1.33 bits per heavy atom. The van der Waals surface area contributed by atoms with Crippen molar-refractivity contribution in [2.24, 2.45) is 11.8 Å². The molecule has 0 saturated carbocycles. The van der Waals surface area contributed by atoms with Crippen LogP contribution in [0.2, 0.25) is 0 Å². The third kappa shape index (κ3) is 3.52. The van der Waals surface area contributed by atoms with Gasteiger partial charge in [-0.1, -0.05) is 26.8 Å². The lowest BCUT2D eigenvalue weighted by Crippen LogP contribution is -2.26. The molecule has 0 aromatic heterocycles. The zero-order chi connectivity index (χ0) is 15.4. The SMILES string of the molecule is CCNC(C)c1c(OC)cccc1N1CCC(C(C)C)C1. The monoisotopic (exact) mass is 290 g/mol. The quantitative estimate of drug-likeness (QED) is 0.861. The van der Waals surface area contributed by atoms with Gasteiger partial charge in [0.05, 0.1) is 7.11 Å². The van der Waals surface area contributed by atoms with E-state index in [-0.39, 0.29) is 0 Å². The molecule has 1 heterocycles. The van der Waals surface area contributed by atoms with Crippen molar-refractivity contribution in [2.75, 3.05) is 31.6 Å². The van der Waals surface area contributed by atoms with Crippen LogP contribution < -0.4 is 15.0 Å². The molecule has 3 nitrogen and oxygen atoms in total. The van der Waals surface area contributed by atoms with E-state index in [4.69, 9.17) is 4.74 Å². The van der Waals surface area contributed by atoms with Crippen molar-refractivity contribution in [3.05, 3.63) is 23.8 Å². The normalized spacial score (nSPS) is 20.1. The van der Waals surface area contributed by atoms with Crippen molar-refractivity contribution in [1.29, 1.82) is 0 Å². The molecule has 2 atom stereocenters. The van der Waals surface area contributed by atoms with Gasteiger partial charge in [0.2, 0.25) is 0 Å². The largest absolute Gasteiger partial charge is 0.496 e. The molecule has 118 valence electrons. The van der Waals surface area contributed by atoms with Crippen LogP contribution in [-0.2, 0) is 0 Å². The Morgan fingerprint density at radius 2 is 2.10 bits per heavy atom. The molecule has 2 rings (SSSR count). The topological polar surface area (TPSA) is 24.5 Å². The molecule has 0 aliphatic carbocycles. The second-order valence-corrected chi connectivity index (χ2v) is 6.41. The molecule has 0 spiro atoms. The van der Waals surface area contributed by atoms with Crippen molar-refractivity contribution in [2.45, 2.75) is 40.2 Å². The standard InChI is InChI=1S/C18H30N2O/c1-6-19-14(4)18-16(8-7-9-17(18)21-5)20-11-10-15(12-20)13(2)3/h7-9,13-15,19H,6,10-12H2,1-5H3. The van der Waals surface area contributed by atoms with E-state index in [2.05, 4.69) is 56.1 Å². The number of nitrogens with one attached hydrogen (secondary N) is 1. The second kappa shape index (κ2) is 7.17. The number of anilines is 1. The smallest absolute Gasteiger partial charge is 0.125 e. The van der Waals surface area contributed by atoms with Crippen LogP contribution >= 0.6 is 0 Å². The summed E-state index contributed by atoms with van der Waals surface area (Å²) in [7, 11) is 1.77. The first kappa shape index (κ1) is 16.2. The maximum absolute atomic E-state index is 5.62. The molecule has 3 heteroatoms. The van der Waals surface area contributed by atoms with E-state index >= 15 is 0 Å². The average Bonchev–Trinajstić information content (AvgIpc) is 2.96. The van der Waals surface area contributed by atoms with Crippen LogP contribution in [0.3, 0.4) is 0 Å². The fourth-order valence-corrected chi connectivity index (χ4v) is 3.38. The van der Waals surface area contributed by atoms with Gasteiger partial charge in [-0.2, -0.15) is 0 Å². The molecule has 0 bridgehead atoms. The third-order valence-corrected chi connectivity index (χ3v) is 4.71. The van der Waals surface area contributed by atoms with Gasteiger partial charge in [0.15, 0.2) is 0 Å². The Balaban J connectivity index is 2.30. The van der Waals surface area contributed by atoms with Crippen LogP contribution in [0.4, 0.5) is 5.69 Å². The first-order valence-corrected chi connectivity index (χ1v) is 8.23. The number of hydrogen-bond acceptors (Lipinski definition) is 3. The van der Waals surface area contributed by atoms with Crippen molar-refractivity contribution in [1.82, 2.24) is 5.32 Å². The van der Waals surface area contributed by atoms with E-state index in [0.717, 1.165) is 37.2 Å². The highest BCUT2D eigenvalue weighted by Crippen LogP contribution is 2.37. The predicted octanol–water partition coefficient (Wildman–Crippen LogP) is 3.85. The predicted molar refractivity (Wildman–Crippen MR) is 90.2 cm³/mol. The number of hydrogen-bond donors (Lipinski definition) is 1. The van der Waals surface area contributed by atoms with Crippen LogP contribution in [0, 0.1) is 11.8 Å². The van der Waals surface area contributed by atoms with Crippen molar-refractivity contribution >= 4 is 5.69 Å². The first-order valence-electron chi connectivity index (χ1n) is 8.23. The van der Waals surface area contributed by atoms with Crippen molar-refractivity contribution in [3.8, 4) is 5.75 Å². The fourth-order valence-electron chi connectivity index (χ4n) is 3.38. The second-order valence-electron chi connectivity index (χ2n) is 6.41. The van der Waals surface area contributed by atoms with Crippen molar-refractivity contribution in [3.63, 3.8) is 0 Å². The molecular formula is C18H30N2O. The summed E-state index contributed by atoms with van der Waals surface area (Å²) in [5, 5.41) is 3.53. The van der Waals surface area contributed by atoms with Crippen LogP contribution in [0.1, 0.15) is 45.7 Å². The summed E-state index contributed by atoms with van der Waals surface area (Å²) in [4.78, 5) is 2.54. The van der Waals surface area contributed by atoms with Crippen LogP contribution in [0.15, 0.2) is 18.2 Å². The Bertz CT molecular complexity index is 459. The number of methoxy groups -OCH3 is 1. The van der Waals surface area contributed by atoms with E-state index in [1.54, 1.807) is 7.11 Å². The Kier molecular flexibility index (Phi) is 5.51. The lowest BCUT2D eigenvalue weighted by Gasteiger charge is -2.27. The molecule has 1 aromatic carbocycles. The summed E-state index contributed by atoms with van der Waals surface area (Å²) in [5.74, 6) is 2.56. The van der Waals surface area contributed by atoms with Crippen LogP contribution in [0.5, 0.6) is 5.75 Å². The van der Waals surface area contributed by atoms with Gasteiger partial charge < -0.3 is 15.0 Å². The van der Waals surface area contributed by atoms with Gasteiger partial charge in [0.1, 0.15) is 5.75 Å². The minimum atomic E-state index is 0.305. The van der Waals surface area contributed by atoms with Crippen LogP contribution in [-0.4, -0.2) is 26.7 Å². The van der Waals surface area contributed by atoms with Gasteiger partial charge in [0.25, 0.3) is 0 Å². The molecule has 1 aliphatic rings. The molecule has 1 aromatic rings. The summed E-state index contributed by atoms with van der Waals surface area (Å²) in [6.45, 7) is 12.3. The summed E-state index contributed by atoms with van der Waals surface area (Å²) >= 11 is 0. The molecular weight excluding hydrogens is 260 g/mol. The highest BCUT2D eigenvalue weighted by Gasteiger charge is 2.28. The first-order chi connectivity index (χ1) is 10.1. The minimum Gasteiger partial charge on any atom is -0.496 e. The molecule has 2 unspecified atom stereocenters. The number of benzene rings is 1. The van der Waals surface area contributed by atoms with Gasteiger partial charge in [-0.3, -0.25) is 0 Å². The van der Waals surface area contributed by atoms with Gasteiger partial charge in [-0.25, -0.2) is 0 Å². The zero-order valence-corrected chi connectivity index (χ0v) is 14.1. The molecule has 1 fully saturated rings. The number of rotatable bonds is 6. The van der Waals surface area contributed by atoms with E-state index in [0.29, 0.717) is 6.04 Å². The van der Waals surface area contributed by atoms with Gasteiger partial charge in [0, 0.05) is 30.4 Å². The summed E-state index contributed by atoms with van der Waals surface area (Å²) < 4.78 is 5.62. The zero-order valence-electron chi connectivity index (χ0n) is 14.1. The highest BCUT2D eigenvalue weighted by molar-refractivity contribution is 5.61. The van der Waals surface area contributed by atoms with Crippen molar-refractivity contribution < 1.29 is 4.74 Å². The Hall–Kier alpha value is -1.22. The number of nitrogens with zero attached hydrogens (tertiary/aromatic N) is 1. The van der Waals surface area contributed by atoms with Gasteiger partial charge in [-0.15, -0.1) is 0 Å². The maximum atomic E-state index is 5.62. The number of ether oxygens (including phenoxy) is 1. The Morgan fingerprint density at radius 3 is 2.67 bits per heavy atom. The van der Waals surface area contributed by atoms with Gasteiger partial charge in [-0.05, 0) is 43.9 Å². The molecule has 1 aliphatic heterocycles. The maximum Gasteiger partial charge on any atom is 0.125 e. The van der Waals surface area contributed by atoms with E-state index in [1.165, 1.54) is 17.7 Å². The van der Waals surface area contributed by atoms with Crippen LogP contribution in [0.25, 0.3) is 0 Å². The lowest BCUT2D eigenvalue weighted by atomic mass is 9.95. The lowest BCUT2D eigenvalue weighted by molar-refractivity contribution is 0.402. The average molecular weight is 290 g/mol. The highest BCUT2D eigenvalue weighted by atomic mass is 16.5. The molecule has 1 N–H and O–H groups in total. The third-order valence-electron chi connectivity index (χ3n) is 4.71. The summed E-state index contributed by atoms with van der Waals surface area (Å²) in [6.07, 6.45) is 1.30. The molecule has 0 radical (unpaired) electrons. The summed E-state index contributed by atoms with van der Waals surface area (Å²) in [5.41, 5.74) is 2.64. The van der Waals surface area contributed by atoms with E-state index < -0.39 is 0 Å². The fraction of sp³-hybridized carbons (Fsp3) is 0.667. The molecule has 0 amide bonds. The minimum absolute atomic E-state index is 0.305. The molecule has 21 heavy (non-hydrogen) atoms.